The summed E-state index contributed by atoms with van der Waals surface area (Å²) in [4.78, 5) is 12.1. The highest BCUT2D eigenvalue weighted by Gasteiger charge is 2.24. The zero-order valence-electron chi connectivity index (χ0n) is 8.58. The van der Waals surface area contributed by atoms with Crippen LogP contribution in [-0.4, -0.2) is 22.9 Å². The third-order valence-corrected chi connectivity index (χ3v) is 4.21. The molecular formula is C10H15N3OS. The number of rotatable bonds is 1. The minimum Gasteiger partial charge on any atom is -0.315 e. The van der Waals surface area contributed by atoms with Crippen molar-refractivity contribution in [3.05, 3.63) is 21.6 Å². The molecule has 2 aliphatic rings. The molecule has 2 N–H and O–H groups in total. The summed E-state index contributed by atoms with van der Waals surface area (Å²) in [5.41, 5.74) is 2.37. The van der Waals surface area contributed by atoms with Crippen LogP contribution in [0, 0.1) is 0 Å². The number of fused-ring (bicyclic) bond motifs is 1. The molecule has 1 saturated heterocycles. The molecular weight excluding hydrogens is 210 g/mol. The van der Waals surface area contributed by atoms with Crippen molar-refractivity contribution in [2.24, 2.45) is 0 Å². The van der Waals surface area contributed by atoms with Gasteiger partial charge in [0.25, 0.3) is 5.56 Å². The molecule has 0 aromatic carbocycles. The molecule has 1 aromatic heterocycles. The summed E-state index contributed by atoms with van der Waals surface area (Å²) in [5.74, 6) is 1.86. The normalized spacial score (nSPS) is 25.5. The van der Waals surface area contributed by atoms with Gasteiger partial charge in [0.2, 0.25) is 0 Å². The van der Waals surface area contributed by atoms with Gasteiger partial charge in [0.05, 0.1) is 17.3 Å². The lowest BCUT2D eigenvalue weighted by Crippen LogP contribution is -2.36. The molecule has 1 fully saturated rings. The highest BCUT2D eigenvalue weighted by atomic mass is 32.2. The maximum absolute atomic E-state index is 12.1. The number of aromatic amines is 1. The SMILES string of the molecule is O=c1c2c([nH]n1C1CCCNC1)CSC2. The number of aromatic nitrogens is 2. The lowest BCUT2D eigenvalue weighted by molar-refractivity contribution is 0.339. The Bertz CT molecular complexity index is 417. The number of H-pyrrole nitrogens is 1. The highest BCUT2D eigenvalue weighted by molar-refractivity contribution is 7.98. The van der Waals surface area contributed by atoms with Crippen LogP contribution in [0.2, 0.25) is 0 Å². The van der Waals surface area contributed by atoms with Crippen LogP contribution >= 0.6 is 11.8 Å². The molecule has 1 unspecified atom stereocenters. The van der Waals surface area contributed by atoms with Crippen LogP contribution in [0.3, 0.4) is 0 Å². The lowest BCUT2D eigenvalue weighted by atomic mass is 10.1. The van der Waals surface area contributed by atoms with E-state index in [1.165, 1.54) is 0 Å². The molecule has 0 bridgehead atoms. The molecule has 0 spiro atoms. The van der Waals surface area contributed by atoms with E-state index in [1.807, 2.05) is 16.4 Å². The standard InChI is InChI=1S/C10H15N3OS/c14-10-8-5-15-6-9(8)12-13(10)7-2-1-3-11-4-7/h7,11-12H,1-6H2. The summed E-state index contributed by atoms with van der Waals surface area (Å²) in [6.45, 7) is 2.01. The first-order valence-corrected chi connectivity index (χ1v) is 6.62. The van der Waals surface area contributed by atoms with Crippen molar-refractivity contribution in [3.63, 3.8) is 0 Å². The van der Waals surface area contributed by atoms with E-state index in [0.717, 1.165) is 48.7 Å². The van der Waals surface area contributed by atoms with Gasteiger partial charge in [0.1, 0.15) is 0 Å². The van der Waals surface area contributed by atoms with Crippen molar-refractivity contribution >= 4 is 11.8 Å². The van der Waals surface area contributed by atoms with Gasteiger partial charge < -0.3 is 5.32 Å². The molecule has 2 aliphatic heterocycles. The zero-order valence-corrected chi connectivity index (χ0v) is 9.40. The number of piperidine rings is 1. The van der Waals surface area contributed by atoms with E-state index in [9.17, 15) is 4.79 Å². The fourth-order valence-electron chi connectivity index (χ4n) is 2.37. The first-order chi connectivity index (χ1) is 7.36. The Morgan fingerprint density at radius 1 is 1.40 bits per heavy atom. The second kappa shape index (κ2) is 3.72. The topological polar surface area (TPSA) is 49.8 Å². The van der Waals surface area contributed by atoms with Crippen molar-refractivity contribution in [2.45, 2.75) is 30.4 Å². The molecule has 0 radical (unpaired) electrons. The van der Waals surface area contributed by atoms with Gasteiger partial charge in [-0.25, -0.2) is 4.68 Å². The summed E-state index contributed by atoms with van der Waals surface area (Å²) < 4.78 is 1.84. The van der Waals surface area contributed by atoms with E-state index in [4.69, 9.17) is 0 Å². The molecule has 82 valence electrons. The molecule has 5 heteroatoms. The summed E-state index contributed by atoms with van der Waals surface area (Å²) in [6.07, 6.45) is 2.27. The third-order valence-electron chi connectivity index (χ3n) is 3.23. The summed E-state index contributed by atoms with van der Waals surface area (Å²) in [5, 5.41) is 6.62. The summed E-state index contributed by atoms with van der Waals surface area (Å²) >= 11 is 1.82. The van der Waals surface area contributed by atoms with Gasteiger partial charge in [0.15, 0.2) is 0 Å². The van der Waals surface area contributed by atoms with Gasteiger partial charge in [-0.1, -0.05) is 0 Å². The first kappa shape index (κ1) is 9.54. The smallest absolute Gasteiger partial charge is 0.271 e. The van der Waals surface area contributed by atoms with Crippen LogP contribution in [0.1, 0.15) is 30.1 Å². The molecule has 4 nitrogen and oxygen atoms in total. The van der Waals surface area contributed by atoms with Crippen LogP contribution in [0.15, 0.2) is 4.79 Å². The van der Waals surface area contributed by atoms with Crippen LogP contribution in [0.4, 0.5) is 0 Å². The minimum absolute atomic E-state index is 0.212. The average Bonchev–Trinajstić information content (AvgIpc) is 2.83. The van der Waals surface area contributed by atoms with Gasteiger partial charge in [-0.05, 0) is 19.4 Å². The highest BCUT2D eigenvalue weighted by Crippen LogP contribution is 2.27. The Labute approximate surface area is 92.4 Å². The molecule has 0 aliphatic carbocycles. The molecule has 3 rings (SSSR count). The quantitative estimate of drug-likeness (QED) is 0.745. The second-order valence-corrected chi connectivity index (χ2v) is 5.22. The van der Waals surface area contributed by atoms with E-state index in [1.54, 1.807) is 0 Å². The van der Waals surface area contributed by atoms with Crippen molar-refractivity contribution < 1.29 is 0 Å². The van der Waals surface area contributed by atoms with E-state index < -0.39 is 0 Å². The van der Waals surface area contributed by atoms with Gasteiger partial charge in [-0.2, -0.15) is 11.8 Å². The third kappa shape index (κ3) is 1.54. The van der Waals surface area contributed by atoms with Crippen LogP contribution in [0.5, 0.6) is 0 Å². The number of nitrogens with one attached hydrogen (secondary N) is 2. The zero-order chi connectivity index (χ0) is 10.3. The molecule has 1 atom stereocenters. The Morgan fingerprint density at radius 3 is 3.07 bits per heavy atom. The summed E-state index contributed by atoms with van der Waals surface area (Å²) in [6, 6.07) is 0.335. The predicted molar refractivity (Wildman–Crippen MR) is 61.2 cm³/mol. The average molecular weight is 225 g/mol. The van der Waals surface area contributed by atoms with Crippen molar-refractivity contribution in [3.8, 4) is 0 Å². The van der Waals surface area contributed by atoms with Gasteiger partial charge >= 0.3 is 0 Å². The largest absolute Gasteiger partial charge is 0.315 e. The number of hydrogen-bond acceptors (Lipinski definition) is 3. The molecule has 0 saturated carbocycles. The Hall–Kier alpha value is -0.680. The maximum Gasteiger partial charge on any atom is 0.271 e. The molecule has 1 aromatic rings. The Morgan fingerprint density at radius 2 is 2.33 bits per heavy atom. The van der Waals surface area contributed by atoms with E-state index in [2.05, 4.69) is 10.4 Å². The predicted octanol–water partition coefficient (Wildman–Crippen LogP) is 0.848. The fourth-order valence-corrected chi connectivity index (χ4v) is 3.42. The van der Waals surface area contributed by atoms with Gasteiger partial charge in [0, 0.05) is 18.1 Å². The molecule has 3 heterocycles. The van der Waals surface area contributed by atoms with Gasteiger partial charge in [-0.15, -0.1) is 0 Å². The number of nitrogens with zero attached hydrogens (tertiary/aromatic N) is 1. The second-order valence-electron chi connectivity index (χ2n) is 4.24. The lowest BCUT2D eigenvalue weighted by Gasteiger charge is -2.23. The van der Waals surface area contributed by atoms with Crippen molar-refractivity contribution in [2.75, 3.05) is 13.1 Å². The molecule has 15 heavy (non-hydrogen) atoms. The van der Waals surface area contributed by atoms with Crippen LogP contribution in [0.25, 0.3) is 0 Å². The van der Waals surface area contributed by atoms with Crippen molar-refractivity contribution in [1.82, 2.24) is 15.1 Å². The maximum atomic E-state index is 12.1. The van der Waals surface area contributed by atoms with Gasteiger partial charge in [-0.3, -0.25) is 9.89 Å². The van der Waals surface area contributed by atoms with E-state index >= 15 is 0 Å². The van der Waals surface area contributed by atoms with Crippen LogP contribution in [-0.2, 0) is 11.5 Å². The Balaban J connectivity index is 1.95. The van der Waals surface area contributed by atoms with Crippen LogP contribution < -0.4 is 10.9 Å². The first-order valence-electron chi connectivity index (χ1n) is 5.47. The monoisotopic (exact) mass is 225 g/mol. The summed E-state index contributed by atoms with van der Waals surface area (Å²) in [7, 11) is 0. The van der Waals surface area contributed by atoms with Crippen molar-refractivity contribution in [1.29, 1.82) is 0 Å². The van der Waals surface area contributed by atoms with E-state index in [0.29, 0.717) is 6.04 Å². The molecule has 0 amide bonds. The minimum atomic E-state index is 0.212. The van der Waals surface area contributed by atoms with E-state index in [-0.39, 0.29) is 5.56 Å². The number of hydrogen-bond donors (Lipinski definition) is 2. The Kier molecular flexibility index (Phi) is 2.36. The fraction of sp³-hybridized carbons (Fsp3) is 0.700. The number of thioether (sulfide) groups is 1.